The van der Waals surface area contributed by atoms with Crippen LogP contribution in [0.5, 0.6) is 0 Å². The van der Waals surface area contributed by atoms with Gasteiger partial charge in [0.25, 0.3) is 5.91 Å². The molecule has 0 aliphatic heterocycles. The van der Waals surface area contributed by atoms with Crippen molar-refractivity contribution in [3.8, 4) is 11.5 Å². The second-order valence-electron chi connectivity index (χ2n) is 6.17. The summed E-state index contributed by atoms with van der Waals surface area (Å²) in [4.78, 5) is 26.8. The molecule has 1 amide bonds. The maximum atomic E-state index is 12.5. The number of rotatable bonds is 5. The van der Waals surface area contributed by atoms with E-state index in [0.717, 1.165) is 24.3 Å². The lowest BCUT2D eigenvalue weighted by Gasteiger charge is -2.15. The molecule has 1 fully saturated rings. The van der Waals surface area contributed by atoms with Crippen LogP contribution in [0.4, 0.5) is 0 Å². The van der Waals surface area contributed by atoms with Crippen LogP contribution in [0, 0.1) is 0 Å². The lowest BCUT2D eigenvalue weighted by molar-refractivity contribution is 0.0781. The van der Waals surface area contributed by atoms with Crippen molar-refractivity contribution in [2.45, 2.75) is 25.3 Å². The fraction of sp³-hybridized carbons (Fsp3) is 0.278. The predicted octanol–water partition coefficient (Wildman–Crippen LogP) is 2.68. The summed E-state index contributed by atoms with van der Waals surface area (Å²) in [7, 11) is 1.72. The summed E-state index contributed by atoms with van der Waals surface area (Å²) >= 11 is 0. The van der Waals surface area contributed by atoms with E-state index in [1.165, 1.54) is 12.4 Å². The standard InChI is InChI=1S/C18H17N5O2/c1-23(11-14-8-16(25-22-14)12-5-6-12)18(24)13-9-20-17(21-10-13)15-4-2-3-7-19-15/h2-4,7-10,12H,5-6,11H2,1H3. The van der Waals surface area contributed by atoms with E-state index in [-0.39, 0.29) is 5.91 Å². The highest BCUT2D eigenvalue weighted by Crippen LogP contribution is 2.40. The average molecular weight is 335 g/mol. The van der Waals surface area contributed by atoms with Gasteiger partial charge in [0, 0.05) is 37.6 Å². The molecule has 0 radical (unpaired) electrons. The van der Waals surface area contributed by atoms with Crippen molar-refractivity contribution in [3.05, 3.63) is 59.9 Å². The van der Waals surface area contributed by atoms with Gasteiger partial charge in [0.05, 0.1) is 12.1 Å². The van der Waals surface area contributed by atoms with Gasteiger partial charge in [0.2, 0.25) is 0 Å². The zero-order valence-electron chi connectivity index (χ0n) is 13.8. The second-order valence-corrected chi connectivity index (χ2v) is 6.17. The molecule has 3 aromatic rings. The fourth-order valence-corrected chi connectivity index (χ4v) is 2.56. The molecular weight excluding hydrogens is 318 g/mol. The molecule has 126 valence electrons. The van der Waals surface area contributed by atoms with Gasteiger partial charge in [0.1, 0.15) is 17.1 Å². The van der Waals surface area contributed by atoms with Gasteiger partial charge < -0.3 is 9.42 Å². The highest BCUT2D eigenvalue weighted by Gasteiger charge is 2.28. The molecule has 7 nitrogen and oxygen atoms in total. The van der Waals surface area contributed by atoms with Gasteiger partial charge in [-0.1, -0.05) is 11.2 Å². The Bertz CT molecular complexity index is 872. The van der Waals surface area contributed by atoms with E-state index in [1.807, 2.05) is 24.3 Å². The van der Waals surface area contributed by atoms with E-state index in [0.29, 0.717) is 29.5 Å². The minimum Gasteiger partial charge on any atom is -0.361 e. The number of hydrogen-bond acceptors (Lipinski definition) is 6. The zero-order valence-corrected chi connectivity index (χ0v) is 13.8. The summed E-state index contributed by atoms with van der Waals surface area (Å²) in [5.74, 6) is 1.75. The first-order valence-electron chi connectivity index (χ1n) is 8.15. The maximum absolute atomic E-state index is 12.5. The average Bonchev–Trinajstić information content (AvgIpc) is 3.41. The van der Waals surface area contributed by atoms with Crippen molar-refractivity contribution >= 4 is 5.91 Å². The van der Waals surface area contributed by atoms with Crippen LogP contribution in [0.25, 0.3) is 11.5 Å². The number of hydrogen-bond donors (Lipinski definition) is 0. The highest BCUT2D eigenvalue weighted by molar-refractivity contribution is 5.93. The molecule has 1 saturated carbocycles. The third-order valence-electron chi connectivity index (χ3n) is 4.10. The van der Waals surface area contributed by atoms with E-state index in [1.54, 1.807) is 18.1 Å². The summed E-state index contributed by atoms with van der Waals surface area (Å²) in [5.41, 5.74) is 1.85. The van der Waals surface area contributed by atoms with E-state index in [4.69, 9.17) is 4.52 Å². The largest absolute Gasteiger partial charge is 0.361 e. The molecule has 0 atom stereocenters. The maximum Gasteiger partial charge on any atom is 0.257 e. The first kappa shape index (κ1) is 15.4. The van der Waals surface area contributed by atoms with Crippen molar-refractivity contribution in [1.82, 2.24) is 25.0 Å². The monoisotopic (exact) mass is 335 g/mol. The Kier molecular flexibility index (Phi) is 3.97. The van der Waals surface area contributed by atoms with Crippen LogP contribution in [-0.4, -0.2) is 38.0 Å². The van der Waals surface area contributed by atoms with Crippen LogP contribution in [0.15, 0.2) is 47.4 Å². The molecule has 7 heteroatoms. The second kappa shape index (κ2) is 6.43. The third kappa shape index (κ3) is 3.40. The molecule has 3 heterocycles. The van der Waals surface area contributed by atoms with Crippen molar-refractivity contribution in [2.75, 3.05) is 7.05 Å². The van der Waals surface area contributed by atoms with Crippen molar-refractivity contribution in [1.29, 1.82) is 0 Å². The van der Waals surface area contributed by atoms with Crippen LogP contribution in [-0.2, 0) is 6.54 Å². The molecule has 25 heavy (non-hydrogen) atoms. The van der Waals surface area contributed by atoms with Gasteiger partial charge in [-0.3, -0.25) is 9.78 Å². The van der Waals surface area contributed by atoms with Crippen LogP contribution in [0.3, 0.4) is 0 Å². The summed E-state index contributed by atoms with van der Waals surface area (Å²) in [6.07, 6.45) is 7.04. The van der Waals surface area contributed by atoms with Crippen LogP contribution in [0.2, 0.25) is 0 Å². The van der Waals surface area contributed by atoms with Crippen molar-refractivity contribution < 1.29 is 9.32 Å². The minimum absolute atomic E-state index is 0.163. The molecule has 4 rings (SSSR count). The first-order valence-corrected chi connectivity index (χ1v) is 8.15. The molecular formula is C18H17N5O2. The van der Waals surface area contributed by atoms with E-state index < -0.39 is 0 Å². The highest BCUT2D eigenvalue weighted by atomic mass is 16.5. The Morgan fingerprint density at radius 1 is 1.24 bits per heavy atom. The van der Waals surface area contributed by atoms with Gasteiger partial charge in [-0.25, -0.2) is 9.97 Å². The smallest absolute Gasteiger partial charge is 0.257 e. The third-order valence-corrected chi connectivity index (χ3v) is 4.10. The van der Waals surface area contributed by atoms with Gasteiger partial charge in [-0.05, 0) is 25.0 Å². The lowest BCUT2D eigenvalue weighted by Crippen LogP contribution is -2.26. The fourth-order valence-electron chi connectivity index (χ4n) is 2.56. The molecule has 0 saturated heterocycles. The van der Waals surface area contributed by atoms with Gasteiger partial charge in [0.15, 0.2) is 5.82 Å². The van der Waals surface area contributed by atoms with Crippen LogP contribution < -0.4 is 0 Å². The summed E-state index contributed by atoms with van der Waals surface area (Å²) in [6, 6.07) is 7.45. The van der Waals surface area contributed by atoms with Gasteiger partial charge >= 0.3 is 0 Å². The minimum atomic E-state index is -0.163. The summed E-state index contributed by atoms with van der Waals surface area (Å²) < 4.78 is 5.32. The molecule has 0 N–H and O–H groups in total. The lowest BCUT2D eigenvalue weighted by atomic mass is 10.2. The normalized spacial score (nSPS) is 13.6. The van der Waals surface area contributed by atoms with E-state index in [9.17, 15) is 4.79 Å². The zero-order chi connectivity index (χ0) is 17.2. The van der Waals surface area contributed by atoms with Gasteiger partial charge in [-0.2, -0.15) is 0 Å². The molecule has 1 aliphatic rings. The van der Waals surface area contributed by atoms with Gasteiger partial charge in [-0.15, -0.1) is 0 Å². The Labute approximate surface area is 144 Å². The molecule has 0 aromatic carbocycles. The number of amides is 1. The number of aromatic nitrogens is 4. The SMILES string of the molecule is CN(Cc1cc(C2CC2)on1)C(=O)c1cnc(-c2ccccn2)nc1. The number of carbonyl (C=O) groups excluding carboxylic acids is 1. The Hall–Kier alpha value is -3.09. The number of nitrogens with zero attached hydrogens (tertiary/aromatic N) is 5. The summed E-state index contributed by atoms with van der Waals surface area (Å²) in [6.45, 7) is 0.386. The van der Waals surface area contributed by atoms with E-state index in [2.05, 4.69) is 20.1 Å². The van der Waals surface area contributed by atoms with Crippen molar-refractivity contribution in [2.24, 2.45) is 0 Å². The Morgan fingerprint density at radius 3 is 2.72 bits per heavy atom. The number of carbonyl (C=O) groups is 1. The molecule has 0 bridgehead atoms. The predicted molar refractivity (Wildman–Crippen MR) is 89.5 cm³/mol. The quantitative estimate of drug-likeness (QED) is 0.712. The van der Waals surface area contributed by atoms with Crippen LogP contribution in [0.1, 0.15) is 40.6 Å². The van der Waals surface area contributed by atoms with Crippen LogP contribution >= 0.6 is 0 Å². The van der Waals surface area contributed by atoms with E-state index >= 15 is 0 Å². The van der Waals surface area contributed by atoms with Crippen molar-refractivity contribution in [3.63, 3.8) is 0 Å². The summed E-state index contributed by atoms with van der Waals surface area (Å²) in [5, 5.41) is 4.04. The molecule has 3 aromatic heterocycles. The topological polar surface area (TPSA) is 85.0 Å². The molecule has 0 unspecified atom stereocenters. The number of pyridine rings is 1. The Morgan fingerprint density at radius 2 is 2.04 bits per heavy atom. The molecule has 0 spiro atoms. The molecule has 1 aliphatic carbocycles. The Balaban J connectivity index is 1.44. The first-order chi connectivity index (χ1) is 12.2.